The Hall–Kier alpha value is -1.84. The lowest BCUT2D eigenvalue weighted by molar-refractivity contribution is 0.417. The van der Waals surface area contributed by atoms with Crippen LogP contribution >= 0.6 is 22.9 Å². The molecule has 0 aliphatic heterocycles. The first-order chi connectivity index (χ1) is 12.3. The summed E-state index contributed by atoms with van der Waals surface area (Å²) in [5.41, 5.74) is 0.726. The van der Waals surface area contributed by atoms with E-state index in [1.54, 1.807) is 12.1 Å². The maximum Gasteiger partial charge on any atom is 0.281 e. The lowest BCUT2D eigenvalue weighted by Crippen LogP contribution is -2.18. The Kier molecular flexibility index (Phi) is 5.14. The van der Waals surface area contributed by atoms with Gasteiger partial charge in [-0.15, -0.1) is 0 Å². The van der Waals surface area contributed by atoms with Crippen LogP contribution < -0.4 is 9.46 Å². The van der Waals surface area contributed by atoms with Gasteiger partial charge in [-0.2, -0.15) is 18.0 Å². The molecule has 0 atom stereocenters. The van der Waals surface area contributed by atoms with Gasteiger partial charge in [-0.1, -0.05) is 43.7 Å². The number of nitrogens with one attached hydrogen (secondary N) is 1. The number of imidazole rings is 1. The summed E-state index contributed by atoms with van der Waals surface area (Å²) in [5, 5.41) is 5.71. The zero-order chi connectivity index (χ0) is 19.1. The smallest absolute Gasteiger partial charge is 0.281 e. The van der Waals surface area contributed by atoms with E-state index < -0.39 is 10.0 Å². The van der Waals surface area contributed by atoms with E-state index in [1.165, 1.54) is 29.0 Å². The molecule has 10 heteroatoms. The topological polar surface area (TPSA) is 85.6 Å². The van der Waals surface area contributed by atoms with Gasteiger partial charge < -0.3 is 4.74 Å². The van der Waals surface area contributed by atoms with E-state index in [9.17, 15) is 8.42 Å². The van der Waals surface area contributed by atoms with Crippen molar-refractivity contribution in [2.24, 2.45) is 0 Å². The van der Waals surface area contributed by atoms with Gasteiger partial charge in [0.05, 0.1) is 18.5 Å². The van der Waals surface area contributed by atoms with E-state index in [4.69, 9.17) is 16.3 Å². The van der Waals surface area contributed by atoms with Crippen molar-refractivity contribution in [3.05, 3.63) is 33.9 Å². The molecule has 140 valence electrons. The highest BCUT2D eigenvalue weighted by atomic mass is 35.5. The molecule has 2 heterocycles. The quantitative estimate of drug-likeness (QED) is 0.660. The van der Waals surface area contributed by atoms with E-state index in [-0.39, 0.29) is 16.6 Å². The van der Waals surface area contributed by atoms with Gasteiger partial charge in [0.15, 0.2) is 0 Å². The number of anilines is 1. The molecule has 0 saturated carbocycles. The van der Waals surface area contributed by atoms with Gasteiger partial charge in [-0.25, -0.2) is 4.98 Å². The van der Waals surface area contributed by atoms with Gasteiger partial charge in [-0.05, 0) is 24.6 Å². The van der Waals surface area contributed by atoms with Crippen LogP contribution in [0.1, 0.15) is 37.4 Å². The van der Waals surface area contributed by atoms with E-state index in [0.717, 1.165) is 5.01 Å². The fourth-order valence-corrected chi connectivity index (χ4v) is 5.02. The van der Waals surface area contributed by atoms with E-state index in [2.05, 4.69) is 14.8 Å². The van der Waals surface area contributed by atoms with Gasteiger partial charge in [0.2, 0.25) is 9.99 Å². The summed E-state index contributed by atoms with van der Waals surface area (Å²) in [5.74, 6) is 0.557. The van der Waals surface area contributed by atoms with Crippen LogP contribution in [0.15, 0.2) is 23.2 Å². The van der Waals surface area contributed by atoms with Gasteiger partial charge in [0.25, 0.3) is 10.0 Å². The zero-order valence-corrected chi connectivity index (χ0v) is 17.2. The molecule has 0 spiro atoms. The fraction of sp³-hybridized carbons (Fsp3) is 0.375. The number of rotatable bonds is 6. The molecule has 3 rings (SSSR count). The number of hydrogen-bond donors (Lipinski definition) is 1. The third-order valence-electron chi connectivity index (χ3n) is 3.73. The van der Waals surface area contributed by atoms with Crippen molar-refractivity contribution >= 4 is 43.6 Å². The average molecular weight is 415 g/mol. The number of fused-ring (bicyclic) bond motifs is 1. The van der Waals surface area contributed by atoms with Crippen LogP contribution in [-0.4, -0.2) is 30.1 Å². The normalized spacial score (nSPS) is 12.1. The molecular weight excluding hydrogens is 396 g/mol. The maximum absolute atomic E-state index is 13.1. The lowest BCUT2D eigenvalue weighted by Gasteiger charge is -2.12. The molecule has 0 aliphatic carbocycles. The minimum Gasteiger partial charge on any atom is -0.495 e. The summed E-state index contributed by atoms with van der Waals surface area (Å²) in [7, 11) is -2.48. The molecule has 0 fully saturated rings. The van der Waals surface area contributed by atoms with Crippen LogP contribution in [0.2, 0.25) is 5.02 Å². The average Bonchev–Trinajstić information content (AvgIpc) is 3.11. The van der Waals surface area contributed by atoms with Crippen molar-refractivity contribution in [1.82, 2.24) is 14.6 Å². The van der Waals surface area contributed by atoms with Gasteiger partial charge in [0.1, 0.15) is 10.8 Å². The summed E-state index contributed by atoms with van der Waals surface area (Å²) in [6.45, 7) is 5.86. The SMILES string of the molecule is CCc1nc2sc(C(C)C)nn2c1S(=O)(=O)Nc1cc(Cl)ccc1OC. The Morgan fingerprint density at radius 3 is 2.73 bits per heavy atom. The minimum absolute atomic E-state index is 0.0418. The van der Waals surface area contributed by atoms with Crippen molar-refractivity contribution in [2.75, 3.05) is 11.8 Å². The second-order valence-corrected chi connectivity index (χ2v) is 8.98. The molecule has 26 heavy (non-hydrogen) atoms. The van der Waals surface area contributed by atoms with Crippen LogP contribution in [-0.2, 0) is 16.4 Å². The summed E-state index contributed by atoms with van der Waals surface area (Å²) >= 11 is 7.39. The Labute approximate surface area is 161 Å². The number of halogens is 1. The summed E-state index contributed by atoms with van der Waals surface area (Å²) < 4.78 is 35.4. The first-order valence-corrected chi connectivity index (χ1v) is 10.7. The van der Waals surface area contributed by atoms with Gasteiger partial charge in [0, 0.05) is 10.9 Å². The predicted molar refractivity (Wildman–Crippen MR) is 103 cm³/mol. The van der Waals surface area contributed by atoms with Crippen molar-refractivity contribution in [1.29, 1.82) is 0 Å². The molecule has 0 saturated heterocycles. The number of aryl methyl sites for hydroxylation is 1. The number of sulfonamides is 1. The molecule has 7 nitrogen and oxygen atoms in total. The van der Waals surface area contributed by atoms with E-state index in [0.29, 0.717) is 27.8 Å². The molecule has 2 aromatic heterocycles. The van der Waals surface area contributed by atoms with Crippen molar-refractivity contribution in [3.63, 3.8) is 0 Å². The highest BCUT2D eigenvalue weighted by molar-refractivity contribution is 7.92. The Morgan fingerprint density at radius 2 is 2.12 bits per heavy atom. The monoisotopic (exact) mass is 414 g/mol. The van der Waals surface area contributed by atoms with E-state index >= 15 is 0 Å². The summed E-state index contributed by atoms with van der Waals surface area (Å²) in [4.78, 5) is 5.00. The third kappa shape index (κ3) is 3.38. The molecule has 0 aliphatic rings. The highest BCUT2D eigenvalue weighted by Gasteiger charge is 2.28. The number of hydrogen-bond acceptors (Lipinski definition) is 6. The van der Waals surface area contributed by atoms with Gasteiger partial charge >= 0.3 is 0 Å². The van der Waals surface area contributed by atoms with Crippen molar-refractivity contribution < 1.29 is 13.2 Å². The van der Waals surface area contributed by atoms with Crippen molar-refractivity contribution in [3.8, 4) is 5.75 Å². The molecule has 1 N–H and O–H groups in total. The summed E-state index contributed by atoms with van der Waals surface area (Å²) in [6.07, 6.45) is 0.468. The predicted octanol–water partition coefficient (Wildman–Crippen LogP) is 3.94. The van der Waals surface area contributed by atoms with E-state index in [1.807, 2.05) is 20.8 Å². The van der Waals surface area contributed by atoms with Crippen LogP contribution in [0.5, 0.6) is 5.75 Å². The number of benzene rings is 1. The number of ether oxygens (including phenoxy) is 1. The largest absolute Gasteiger partial charge is 0.495 e. The molecule has 0 unspecified atom stereocenters. The molecule has 0 radical (unpaired) electrons. The first kappa shape index (κ1) is 18.9. The minimum atomic E-state index is -3.95. The number of methoxy groups -OCH3 is 1. The zero-order valence-electron chi connectivity index (χ0n) is 14.8. The fourth-order valence-electron chi connectivity index (χ4n) is 2.47. The van der Waals surface area contributed by atoms with Crippen LogP contribution in [0.25, 0.3) is 4.96 Å². The van der Waals surface area contributed by atoms with Crippen LogP contribution in [0.4, 0.5) is 5.69 Å². The Balaban J connectivity index is 2.13. The third-order valence-corrected chi connectivity index (χ3v) is 6.59. The summed E-state index contributed by atoms with van der Waals surface area (Å²) in [6, 6.07) is 4.73. The standard InChI is InChI=1S/C16H19ClN4O3S2/c1-5-11-15(21-16(18-11)25-14(19-21)9(2)3)26(22,23)20-12-8-10(17)6-7-13(12)24-4/h6-9,20H,5H2,1-4H3. The van der Waals surface area contributed by atoms with Crippen LogP contribution in [0, 0.1) is 0 Å². The highest BCUT2D eigenvalue weighted by Crippen LogP contribution is 2.32. The molecule has 3 aromatic rings. The van der Waals surface area contributed by atoms with Gasteiger partial charge in [-0.3, -0.25) is 4.72 Å². The molecule has 1 aromatic carbocycles. The number of aromatic nitrogens is 3. The Morgan fingerprint density at radius 1 is 1.38 bits per heavy atom. The van der Waals surface area contributed by atoms with Crippen LogP contribution in [0.3, 0.4) is 0 Å². The maximum atomic E-state index is 13.1. The second-order valence-electron chi connectivity index (χ2n) is 5.96. The molecule has 0 bridgehead atoms. The van der Waals surface area contributed by atoms with Crippen molar-refractivity contribution in [2.45, 2.75) is 38.1 Å². The second kappa shape index (κ2) is 7.05. The first-order valence-electron chi connectivity index (χ1n) is 8.01. The lowest BCUT2D eigenvalue weighted by atomic mass is 10.2. The Bertz CT molecular complexity index is 1060. The molecular formula is C16H19ClN4O3S2. The number of nitrogens with zero attached hydrogens (tertiary/aromatic N) is 3. The molecule has 0 amide bonds.